The van der Waals surface area contributed by atoms with Crippen molar-refractivity contribution < 1.29 is 0 Å². The van der Waals surface area contributed by atoms with Gasteiger partial charge in [0.1, 0.15) is 0 Å². The molecule has 0 radical (unpaired) electrons. The van der Waals surface area contributed by atoms with Crippen molar-refractivity contribution in [3.63, 3.8) is 0 Å². The molecule has 1 fully saturated rings. The molecule has 2 nitrogen and oxygen atoms in total. The maximum absolute atomic E-state index is 6.02. The molecule has 1 saturated carbocycles. The van der Waals surface area contributed by atoms with Crippen LogP contribution < -0.4 is 0 Å². The number of hydrogen-bond donors (Lipinski definition) is 0. The summed E-state index contributed by atoms with van der Waals surface area (Å²) in [7, 11) is 0. The van der Waals surface area contributed by atoms with Crippen LogP contribution in [-0.2, 0) is 5.88 Å². The van der Waals surface area contributed by atoms with Crippen molar-refractivity contribution in [2.45, 2.75) is 38.5 Å². The summed E-state index contributed by atoms with van der Waals surface area (Å²) in [6, 6.07) is 6.50. The van der Waals surface area contributed by atoms with Crippen LogP contribution in [0.15, 0.2) is 24.4 Å². The van der Waals surface area contributed by atoms with E-state index in [0.29, 0.717) is 11.8 Å². The van der Waals surface area contributed by atoms with Gasteiger partial charge in [0.15, 0.2) is 0 Å². The van der Waals surface area contributed by atoms with Gasteiger partial charge >= 0.3 is 0 Å². The van der Waals surface area contributed by atoms with E-state index in [4.69, 9.17) is 11.6 Å². The molecule has 1 aliphatic carbocycles. The molecule has 1 aromatic heterocycles. The fraction of sp³-hybridized carbons (Fsp3) is 0.400. The number of aryl methyl sites for hydroxylation is 2. The monoisotopic (exact) mass is 260 g/mol. The van der Waals surface area contributed by atoms with Gasteiger partial charge in [0.2, 0.25) is 0 Å². The molecule has 0 amide bonds. The molecular weight excluding hydrogens is 244 g/mol. The molecule has 2 aromatic rings. The van der Waals surface area contributed by atoms with Gasteiger partial charge in [-0.05, 0) is 38.3 Å². The van der Waals surface area contributed by atoms with Gasteiger partial charge in [-0.3, -0.25) is 0 Å². The fourth-order valence-electron chi connectivity index (χ4n) is 2.52. The highest BCUT2D eigenvalue weighted by Gasteiger charge is 2.30. The number of alkyl halides is 1. The van der Waals surface area contributed by atoms with E-state index in [2.05, 4.69) is 41.8 Å². The third-order valence-corrected chi connectivity index (χ3v) is 3.86. The zero-order valence-corrected chi connectivity index (χ0v) is 11.5. The predicted octanol–water partition coefficient (Wildman–Crippen LogP) is 4.11. The van der Waals surface area contributed by atoms with Crippen molar-refractivity contribution in [2.24, 2.45) is 0 Å². The van der Waals surface area contributed by atoms with Gasteiger partial charge in [-0.15, -0.1) is 11.6 Å². The first-order valence-electron chi connectivity index (χ1n) is 6.41. The third-order valence-electron chi connectivity index (χ3n) is 3.57. The molecule has 0 unspecified atom stereocenters. The summed E-state index contributed by atoms with van der Waals surface area (Å²) in [5, 5.41) is 4.54. The molecule has 18 heavy (non-hydrogen) atoms. The van der Waals surface area contributed by atoms with Crippen LogP contribution in [0.25, 0.3) is 5.69 Å². The van der Waals surface area contributed by atoms with Crippen LogP contribution >= 0.6 is 11.6 Å². The van der Waals surface area contributed by atoms with Crippen LogP contribution in [0.1, 0.15) is 41.1 Å². The van der Waals surface area contributed by atoms with Crippen LogP contribution in [0.5, 0.6) is 0 Å². The van der Waals surface area contributed by atoms with Gasteiger partial charge in [-0.25, -0.2) is 4.68 Å². The van der Waals surface area contributed by atoms with Crippen molar-refractivity contribution in [3.8, 4) is 5.69 Å². The quantitative estimate of drug-likeness (QED) is 0.760. The zero-order chi connectivity index (χ0) is 12.7. The first kappa shape index (κ1) is 11.8. The maximum atomic E-state index is 6.02. The lowest BCUT2D eigenvalue weighted by molar-refractivity contribution is 0.799. The van der Waals surface area contributed by atoms with Crippen LogP contribution in [0.4, 0.5) is 0 Å². The second kappa shape index (κ2) is 4.43. The van der Waals surface area contributed by atoms with E-state index < -0.39 is 0 Å². The lowest BCUT2D eigenvalue weighted by Crippen LogP contribution is -2.04. The van der Waals surface area contributed by atoms with Crippen molar-refractivity contribution in [2.75, 3.05) is 0 Å². The minimum atomic E-state index is 0.552. The van der Waals surface area contributed by atoms with E-state index in [1.165, 1.54) is 40.9 Å². The maximum Gasteiger partial charge on any atom is 0.0678 e. The Hall–Kier alpha value is -1.28. The Morgan fingerprint density at radius 1 is 1.33 bits per heavy atom. The average Bonchev–Trinajstić information content (AvgIpc) is 3.09. The van der Waals surface area contributed by atoms with E-state index in [1.54, 1.807) is 0 Å². The third kappa shape index (κ3) is 1.95. The van der Waals surface area contributed by atoms with Crippen LogP contribution in [0, 0.1) is 13.8 Å². The van der Waals surface area contributed by atoms with Crippen LogP contribution in [-0.4, -0.2) is 9.78 Å². The van der Waals surface area contributed by atoms with E-state index in [-0.39, 0.29) is 0 Å². The second-order valence-electron chi connectivity index (χ2n) is 5.16. The van der Waals surface area contributed by atoms with Crippen molar-refractivity contribution in [3.05, 3.63) is 46.8 Å². The van der Waals surface area contributed by atoms with E-state index in [9.17, 15) is 0 Å². The van der Waals surface area contributed by atoms with Gasteiger partial charge in [0.05, 0.1) is 23.5 Å². The summed E-state index contributed by atoms with van der Waals surface area (Å²) in [5.41, 5.74) is 6.23. The first-order chi connectivity index (χ1) is 8.70. The van der Waals surface area contributed by atoms with E-state index in [0.717, 1.165) is 0 Å². The Labute approximate surface area is 113 Å². The first-order valence-corrected chi connectivity index (χ1v) is 6.94. The molecular formula is C15H17ClN2. The van der Waals surface area contributed by atoms with Gasteiger partial charge in [-0.2, -0.15) is 5.10 Å². The van der Waals surface area contributed by atoms with Crippen LogP contribution in [0.3, 0.4) is 0 Å². The molecule has 0 spiro atoms. The molecule has 0 bridgehead atoms. The highest BCUT2D eigenvalue weighted by atomic mass is 35.5. The Kier molecular flexibility index (Phi) is 2.90. The smallest absolute Gasteiger partial charge is 0.0678 e. The van der Waals surface area contributed by atoms with Crippen molar-refractivity contribution >= 4 is 11.6 Å². The molecule has 0 atom stereocenters. The number of hydrogen-bond acceptors (Lipinski definition) is 1. The summed E-state index contributed by atoms with van der Waals surface area (Å²) < 4.78 is 2.09. The molecule has 1 aromatic carbocycles. The molecule has 3 rings (SSSR count). The molecule has 1 aliphatic rings. The van der Waals surface area contributed by atoms with Gasteiger partial charge in [0.25, 0.3) is 0 Å². The number of benzene rings is 1. The normalized spacial score (nSPS) is 15.1. The molecule has 94 valence electrons. The number of rotatable bonds is 3. The molecule has 0 saturated heterocycles. The highest BCUT2D eigenvalue weighted by molar-refractivity contribution is 6.17. The summed E-state index contributed by atoms with van der Waals surface area (Å²) in [5.74, 6) is 1.21. The second-order valence-corrected chi connectivity index (χ2v) is 5.43. The number of halogens is 1. The van der Waals surface area contributed by atoms with E-state index in [1.807, 2.05) is 6.20 Å². The largest absolute Gasteiger partial charge is 0.237 e. The lowest BCUT2D eigenvalue weighted by atomic mass is 10.1. The number of nitrogens with zero attached hydrogens (tertiary/aromatic N) is 2. The van der Waals surface area contributed by atoms with Crippen molar-refractivity contribution in [1.29, 1.82) is 0 Å². The van der Waals surface area contributed by atoms with Crippen molar-refractivity contribution in [1.82, 2.24) is 9.78 Å². The molecule has 0 aliphatic heterocycles. The van der Waals surface area contributed by atoms with E-state index >= 15 is 0 Å². The minimum Gasteiger partial charge on any atom is -0.237 e. The number of aromatic nitrogens is 2. The van der Waals surface area contributed by atoms with Gasteiger partial charge < -0.3 is 0 Å². The van der Waals surface area contributed by atoms with Crippen LogP contribution in [0.2, 0.25) is 0 Å². The fourth-order valence-corrected chi connectivity index (χ4v) is 2.73. The van der Waals surface area contributed by atoms with Gasteiger partial charge in [0, 0.05) is 11.5 Å². The molecule has 3 heteroatoms. The summed E-state index contributed by atoms with van der Waals surface area (Å²) in [6.07, 6.45) is 4.45. The Balaban J connectivity index is 2.13. The summed E-state index contributed by atoms with van der Waals surface area (Å²) >= 11 is 6.02. The Bertz CT molecular complexity index is 582. The summed E-state index contributed by atoms with van der Waals surface area (Å²) in [4.78, 5) is 0. The highest BCUT2D eigenvalue weighted by Crippen LogP contribution is 2.43. The molecule has 1 heterocycles. The Morgan fingerprint density at radius 2 is 2.11 bits per heavy atom. The Morgan fingerprint density at radius 3 is 2.72 bits per heavy atom. The average molecular weight is 261 g/mol. The SMILES string of the molecule is Cc1ccc(-n2ncc(CCl)c2C2CC2)c(C)c1. The topological polar surface area (TPSA) is 17.8 Å². The predicted molar refractivity (Wildman–Crippen MR) is 74.6 cm³/mol. The molecule has 0 N–H and O–H groups in total. The van der Waals surface area contributed by atoms with Gasteiger partial charge in [-0.1, -0.05) is 17.7 Å². The zero-order valence-electron chi connectivity index (χ0n) is 10.8. The summed E-state index contributed by atoms with van der Waals surface area (Å²) in [6.45, 7) is 4.26. The minimum absolute atomic E-state index is 0.552. The standard InChI is InChI=1S/C15H17ClN2/c1-10-3-6-14(11(2)7-10)18-15(12-4-5-12)13(8-16)9-17-18/h3,6-7,9,12H,4-5,8H2,1-2H3. The lowest BCUT2D eigenvalue weighted by Gasteiger charge is -2.11.